The number of nitrogens with zero attached hydrogens (tertiary/aromatic N) is 4. The molecule has 0 saturated heterocycles. The SMILES string of the molecule is CCn1c(SCC(=O)O)nnc1-c1ccon1. The lowest BCUT2D eigenvalue weighted by Crippen LogP contribution is -2.03. The predicted octanol–water partition coefficient (Wildman–Crippen LogP) is 1.13. The first-order chi connectivity index (χ1) is 8.22. The largest absolute Gasteiger partial charge is 0.481 e. The van der Waals surface area contributed by atoms with Crippen LogP contribution in [0.3, 0.4) is 0 Å². The van der Waals surface area contributed by atoms with Crippen molar-refractivity contribution < 1.29 is 14.4 Å². The molecule has 0 bridgehead atoms. The van der Waals surface area contributed by atoms with E-state index in [0.29, 0.717) is 23.2 Å². The third-order valence-corrected chi connectivity index (χ3v) is 2.98. The molecule has 0 amide bonds. The van der Waals surface area contributed by atoms with Crippen LogP contribution < -0.4 is 0 Å². The van der Waals surface area contributed by atoms with Gasteiger partial charge in [-0.05, 0) is 6.92 Å². The average molecular weight is 254 g/mol. The number of thioether (sulfide) groups is 1. The van der Waals surface area contributed by atoms with Crippen molar-refractivity contribution in [2.75, 3.05) is 5.75 Å². The molecular weight excluding hydrogens is 244 g/mol. The van der Waals surface area contributed by atoms with E-state index >= 15 is 0 Å². The van der Waals surface area contributed by atoms with E-state index in [1.54, 1.807) is 10.6 Å². The first-order valence-corrected chi connectivity index (χ1v) is 5.89. The third-order valence-electron chi connectivity index (χ3n) is 2.02. The van der Waals surface area contributed by atoms with Crippen molar-refractivity contribution in [3.05, 3.63) is 12.3 Å². The average Bonchev–Trinajstić information content (AvgIpc) is 2.94. The molecule has 0 atom stereocenters. The van der Waals surface area contributed by atoms with E-state index in [4.69, 9.17) is 9.63 Å². The first-order valence-electron chi connectivity index (χ1n) is 4.91. The molecule has 0 aliphatic heterocycles. The van der Waals surface area contributed by atoms with Gasteiger partial charge in [0, 0.05) is 12.6 Å². The van der Waals surface area contributed by atoms with Gasteiger partial charge in [-0.3, -0.25) is 4.79 Å². The first kappa shape index (κ1) is 11.6. The van der Waals surface area contributed by atoms with Gasteiger partial charge in [-0.1, -0.05) is 16.9 Å². The highest BCUT2D eigenvalue weighted by molar-refractivity contribution is 7.99. The van der Waals surface area contributed by atoms with E-state index < -0.39 is 5.97 Å². The second-order valence-electron chi connectivity index (χ2n) is 3.12. The zero-order chi connectivity index (χ0) is 12.3. The highest BCUT2D eigenvalue weighted by Gasteiger charge is 2.15. The van der Waals surface area contributed by atoms with E-state index in [1.165, 1.54) is 6.26 Å². The molecule has 1 N–H and O–H groups in total. The highest BCUT2D eigenvalue weighted by atomic mass is 32.2. The number of hydrogen-bond donors (Lipinski definition) is 1. The molecule has 2 aromatic rings. The Hall–Kier alpha value is -1.83. The van der Waals surface area contributed by atoms with Gasteiger partial charge in [0.25, 0.3) is 0 Å². The summed E-state index contributed by atoms with van der Waals surface area (Å²) in [5, 5.41) is 20.9. The standard InChI is InChI=1S/C9H10N4O3S/c1-2-13-8(6-3-4-16-12-6)10-11-9(13)17-5-7(14)15/h3-4H,2,5H2,1H3,(H,14,15). The summed E-state index contributed by atoms with van der Waals surface area (Å²) in [5.74, 6) is -0.352. The van der Waals surface area contributed by atoms with Crippen LogP contribution in [0.5, 0.6) is 0 Å². The Labute approximate surface area is 101 Å². The smallest absolute Gasteiger partial charge is 0.313 e. The van der Waals surface area contributed by atoms with Crippen molar-refractivity contribution in [1.82, 2.24) is 19.9 Å². The number of hydrogen-bond acceptors (Lipinski definition) is 6. The fraction of sp³-hybridized carbons (Fsp3) is 0.333. The molecule has 0 aliphatic carbocycles. The van der Waals surface area contributed by atoms with Gasteiger partial charge < -0.3 is 14.2 Å². The lowest BCUT2D eigenvalue weighted by molar-refractivity contribution is -0.133. The molecule has 0 spiro atoms. The third kappa shape index (κ3) is 2.47. The Balaban J connectivity index is 2.27. The van der Waals surface area contributed by atoms with Crippen LogP contribution in [0, 0.1) is 0 Å². The van der Waals surface area contributed by atoms with E-state index in [1.807, 2.05) is 6.92 Å². The molecule has 0 unspecified atom stereocenters. The molecule has 17 heavy (non-hydrogen) atoms. The van der Waals surface area contributed by atoms with Crippen molar-refractivity contribution >= 4 is 17.7 Å². The van der Waals surface area contributed by atoms with E-state index in [0.717, 1.165) is 11.8 Å². The van der Waals surface area contributed by atoms with Crippen LogP contribution in [0.1, 0.15) is 6.92 Å². The van der Waals surface area contributed by atoms with Crippen molar-refractivity contribution in [2.24, 2.45) is 0 Å². The van der Waals surface area contributed by atoms with Gasteiger partial charge in [0.1, 0.15) is 6.26 Å². The lowest BCUT2D eigenvalue weighted by atomic mass is 10.4. The van der Waals surface area contributed by atoms with Crippen LogP contribution in [0.2, 0.25) is 0 Å². The number of rotatable bonds is 5. The minimum atomic E-state index is -0.886. The maximum absolute atomic E-state index is 10.5. The highest BCUT2D eigenvalue weighted by Crippen LogP contribution is 2.22. The van der Waals surface area contributed by atoms with E-state index in [-0.39, 0.29) is 5.75 Å². The van der Waals surface area contributed by atoms with Crippen LogP contribution in [0.4, 0.5) is 0 Å². The molecule has 0 fully saturated rings. The van der Waals surface area contributed by atoms with Gasteiger partial charge in [0.2, 0.25) is 0 Å². The summed E-state index contributed by atoms with van der Waals surface area (Å²) in [6.07, 6.45) is 1.45. The van der Waals surface area contributed by atoms with Crippen LogP contribution in [0.15, 0.2) is 22.0 Å². The fourth-order valence-electron chi connectivity index (χ4n) is 1.32. The van der Waals surface area contributed by atoms with Crippen LogP contribution in [-0.2, 0) is 11.3 Å². The normalized spacial score (nSPS) is 10.6. The van der Waals surface area contributed by atoms with Crippen LogP contribution in [0.25, 0.3) is 11.5 Å². The Morgan fingerprint density at radius 2 is 2.41 bits per heavy atom. The lowest BCUT2D eigenvalue weighted by Gasteiger charge is -2.03. The van der Waals surface area contributed by atoms with Gasteiger partial charge >= 0.3 is 5.97 Å². The Morgan fingerprint density at radius 1 is 1.59 bits per heavy atom. The summed E-state index contributed by atoms with van der Waals surface area (Å²) in [6.45, 7) is 2.56. The number of carbonyl (C=O) groups is 1. The van der Waals surface area contributed by atoms with Gasteiger partial charge in [-0.2, -0.15) is 0 Å². The molecule has 8 heteroatoms. The molecule has 90 valence electrons. The molecule has 2 heterocycles. The predicted molar refractivity (Wildman–Crippen MR) is 59.6 cm³/mol. The second kappa shape index (κ2) is 5.00. The molecule has 0 saturated carbocycles. The molecule has 0 aliphatic rings. The molecule has 7 nitrogen and oxygen atoms in total. The minimum absolute atomic E-state index is 0.0447. The maximum Gasteiger partial charge on any atom is 0.313 e. The summed E-state index contributed by atoms with van der Waals surface area (Å²) < 4.78 is 6.54. The van der Waals surface area contributed by atoms with Gasteiger partial charge in [0.05, 0.1) is 5.75 Å². The van der Waals surface area contributed by atoms with Crippen LogP contribution >= 0.6 is 11.8 Å². The number of aromatic nitrogens is 4. The van der Waals surface area contributed by atoms with Crippen molar-refractivity contribution in [1.29, 1.82) is 0 Å². The van der Waals surface area contributed by atoms with E-state index in [2.05, 4.69) is 15.4 Å². The van der Waals surface area contributed by atoms with Gasteiger partial charge in [-0.15, -0.1) is 10.2 Å². The minimum Gasteiger partial charge on any atom is -0.481 e. The fourth-order valence-corrected chi connectivity index (χ4v) is 2.05. The molecular formula is C9H10N4O3S. The topological polar surface area (TPSA) is 94.0 Å². The quantitative estimate of drug-likeness (QED) is 0.799. The second-order valence-corrected chi connectivity index (χ2v) is 4.06. The Morgan fingerprint density at radius 3 is 3.00 bits per heavy atom. The maximum atomic E-state index is 10.5. The summed E-state index contributed by atoms with van der Waals surface area (Å²) in [4.78, 5) is 10.5. The molecule has 0 aromatic carbocycles. The summed E-state index contributed by atoms with van der Waals surface area (Å²) in [7, 11) is 0. The summed E-state index contributed by atoms with van der Waals surface area (Å²) in [6, 6.07) is 1.68. The zero-order valence-corrected chi connectivity index (χ0v) is 9.85. The Bertz CT molecular complexity index is 508. The van der Waals surface area contributed by atoms with Crippen molar-refractivity contribution in [3.8, 4) is 11.5 Å². The molecule has 2 aromatic heterocycles. The van der Waals surface area contributed by atoms with E-state index in [9.17, 15) is 4.79 Å². The Kier molecular flexibility index (Phi) is 3.43. The molecule has 2 rings (SSSR count). The van der Waals surface area contributed by atoms with Crippen molar-refractivity contribution in [2.45, 2.75) is 18.6 Å². The zero-order valence-electron chi connectivity index (χ0n) is 9.03. The number of carboxylic acid groups (broad SMARTS) is 1. The number of aliphatic carboxylic acids is 1. The summed E-state index contributed by atoms with van der Waals surface area (Å²) in [5.41, 5.74) is 0.585. The molecule has 0 radical (unpaired) electrons. The van der Waals surface area contributed by atoms with Crippen LogP contribution in [-0.4, -0.2) is 36.7 Å². The summed E-state index contributed by atoms with van der Waals surface area (Å²) >= 11 is 1.13. The van der Waals surface area contributed by atoms with Gasteiger partial charge in [-0.25, -0.2) is 0 Å². The van der Waals surface area contributed by atoms with Crippen molar-refractivity contribution in [3.63, 3.8) is 0 Å². The van der Waals surface area contributed by atoms with Gasteiger partial charge in [0.15, 0.2) is 16.7 Å². The number of carboxylic acids is 1. The monoisotopic (exact) mass is 254 g/mol.